The van der Waals surface area contributed by atoms with E-state index in [0.29, 0.717) is 23.6 Å². The van der Waals surface area contributed by atoms with Gasteiger partial charge in [0, 0.05) is 6.42 Å². The Balaban J connectivity index is 2.29. The van der Waals surface area contributed by atoms with Crippen molar-refractivity contribution in [2.45, 2.75) is 52.0 Å². The van der Waals surface area contributed by atoms with Crippen LogP contribution in [-0.2, 0) is 12.0 Å². The quantitative estimate of drug-likeness (QED) is 0.835. The molecule has 0 amide bonds. The molecular formula is C12H21N3O. The second-order valence-corrected chi connectivity index (χ2v) is 5.06. The molecule has 1 heterocycles. The van der Waals surface area contributed by atoms with Gasteiger partial charge in [0.15, 0.2) is 5.82 Å². The van der Waals surface area contributed by atoms with Crippen molar-refractivity contribution in [3.05, 3.63) is 11.7 Å². The number of rotatable bonds is 2. The van der Waals surface area contributed by atoms with Crippen LogP contribution in [0.4, 0.5) is 0 Å². The predicted octanol–water partition coefficient (Wildman–Crippen LogP) is 2.24. The van der Waals surface area contributed by atoms with Crippen molar-refractivity contribution in [3.8, 4) is 0 Å². The largest absolute Gasteiger partial charge is 0.339 e. The number of aromatic nitrogens is 2. The summed E-state index contributed by atoms with van der Waals surface area (Å²) in [6.45, 7) is 6.46. The predicted molar refractivity (Wildman–Crippen MR) is 61.7 cm³/mol. The highest BCUT2D eigenvalue weighted by atomic mass is 16.5. The van der Waals surface area contributed by atoms with Crippen LogP contribution >= 0.6 is 0 Å². The highest BCUT2D eigenvalue weighted by Gasteiger charge is 2.43. The molecule has 3 atom stereocenters. The summed E-state index contributed by atoms with van der Waals surface area (Å²) in [7, 11) is 0. The van der Waals surface area contributed by atoms with E-state index in [1.54, 1.807) is 0 Å². The fourth-order valence-corrected chi connectivity index (χ4v) is 2.60. The molecule has 1 aliphatic carbocycles. The van der Waals surface area contributed by atoms with Gasteiger partial charge >= 0.3 is 0 Å². The van der Waals surface area contributed by atoms with Gasteiger partial charge in [-0.2, -0.15) is 4.98 Å². The molecule has 4 heteroatoms. The van der Waals surface area contributed by atoms with Gasteiger partial charge in [0.1, 0.15) is 0 Å². The molecule has 0 aliphatic heterocycles. The molecule has 0 bridgehead atoms. The zero-order valence-corrected chi connectivity index (χ0v) is 10.4. The van der Waals surface area contributed by atoms with Crippen molar-refractivity contribution in [1.82, 2.24) is 10.1 Å². The first-order valence-electron chi connectivity index (χ1n) is 6.20. The fraction of sp³-hybridized carbons (Fsp3) is 0.833. The van der Waals surface area contributed by atoms with Crippen LogP contribution in [0.25, 0.3) is 0 Å². The van der Waals surface area contributed by atoms with Crippen LogP contribution in [0.3, 0.4) is 0 Å². The van der Waals surface area contributed by atoms with Crippen molar-refractivity contribution < 1.29 is 4.52 Å². The number of nitrogens with zero attached hydrogens (tertiary/aromatic N) is 2. The molecule has 1 fully saturated rings. The van der Waals surface area contributed by atoms with Crippen LogP contribution in [0.2, 0.25) is 0 Å². The Labute approximate surface area is 96.6 Å². The second-order valence-electron chi connectivity index (χ2n) is 5.06. The number of hydrogen-bond donors (Lipinski definition) is 1. The number of hydrogen-bond acceptors (Lipinski definition) is 4. The minimum Gasteiger partial charge on any atom is -0.339 e. The third-order valence-electron chi connectivity index (χ3n) is 4.10. The van der Waals surface area contributed by atoms with Gasteiger partial charge in [-0.15, -0.1) is 0 Å². The topological polar surface area (TPSA) is 64.9 Å². The summed E-state index contributed by atoms with van der Waals surface area (Å²) in [6, 6.07) is 0. The van der Waals surface area contributed by atoms with E-state index in [1.807, 2.05) is 6.92 Å². The lowest BCUT2D eigenvalue weighted by molar-refractivity contribution is 0.132. The first-order valence-corrected chi connectivity index (χ1v) is 6.20. The normalized spacial score (nSPS) is 35.2. The smallest absolute Gasteiger partial charge is 0.226 e. The maximum atomic E-state index is 6.50. The fourth-order valence-electron chi connectivity index (χ4n) is 2.60. The summed E-state index contributed by atoms with van der Waals surface area (Å²) in [5.74, 6) is 2.42. The second kappa shape index (κ2) is 4.17. The minimum atomic E-state index is -0.394. The van der Waals surface area contributed by atoms with Gasteiger partial charge in [-0.1, -0.05) is 38.8 Å². The Morgan fingerprint density at radius 2 is 2.25 bits per heavy atom. The molecule has 90 valence electrons. The van der Waals surface area contributed by atoms with E-state index < -0.39 is 5.54 Å². The van der Waals surface area contributed by atoms with E-state index in [4.69, 9.17) is 10.3 Å². The lowest BCUT2D eigenvalue weighted by atomic mass is 9.68. The Morgan fingerprint density at radius 3 is 2.88 bits per heavy atom. The number of nitrogens with two attached hydrogens (primary N) is 1. The Hall–Kier alpha value is -0.900. The molecule has 0 spiro atoms. The first kappa shape index (κ1) is 11.6. The first-order chi connectivity index (χ1) is 7.58. The Kier molecular flexibility index (Phi) is 3.02. The van der Waals surface area contributed by atoms with Crippen molar-refractivity contribution in [2.24, 2.45) is 17.6 Å². The van der Waals surface area contributed by atoms with Crippen LogP contribution in [0, 0.1) is 11.8 Å². The summed E-state index contributed by atoms with van der Waals surface area (Å²) < 4.78 is 5.17. The molecule has 1 aliphatic rings. The van der Waals surface area contributed by atoms with Gasteiger partial charge in [-0.3, -0.25) is 0 Å². The van der Waals surface area contributed by atoms with E-state index in [0.717, 1.165) is 19.3 Å². The van der Waals surface area contributed by atoms with Crippen LogP contribution < -0.4 is 5.73 Å². The highest BCUT2D eigenvalue weighted by molar-refractivity contribution is 5.09. The van der Waals surface area contributed by atoms with E-state index in [2.05, 4.69) is 24.0 Å². The van der Waals surface area contributed by atoms with E-state index in [-0.39, 0.29) is 0 Å². The highest BCUT2D eigenvalue weighted by Crippen LogP contribution is 2.41. The third-order valence-corrected chi connectivity index (χ3v) is 4.10. The standard InChI is InChI=1S/C12H21N3O/c1-4-10-14-11(15-16-10)12(13)7-5-6-8(2)9(12)3/h8-9H,4-7,13H2,1-3H3. The summed E-state index contributed by atoms with van der Waals surface area (Å²) in [6.07, 6.45) is 4.13. The van der Waals surface area contributed by atoms with Crippen LogP contribution in [0.15, 0.2) is 4.52 Å². The molecule has 3 unspecified atom stereocenters. The van der Waals surface area contributed by atoms with Crippen LogP contribution in [0.1, 0.15) is 51.7 Å². The monoisotopic (exact) mass is 223 g/mol. The molecule has 1 saturated carbocycles. The summed E-state index contributed by atoms with van der Waals surface area (Å²) in [5, 5.41) is 4.06. The summed E-state index contributed by atoms with van der Waals surface area (Å²) in [4.78, 5) is 4.41. The van der Waals surface area contributed by atoms with Gasteiger partial charge in [0.2, 0.25) is 5.89 Å². The van der Waals surface area contributed by atoms with Crippen molar-refractivity contribution >= 4 is 0 Å². The minimum absolute atomic E-state index is 0.394. The van der Waals surface area contributed by atoms with Crippen LogP contribution in [0.5, 0.6) is 0 Å². The van der Waals surface area contributed by atoms with E-state index in [1.165, 1.54) is 6.42 Å². The molecule has 1 aromatic heterocycles. The van der Waals surface area contributed by atoms with Gasteiger partial charge in [-0.05, 0) is 18.3 Å². The van der Waals surface area contributed by atoms with Crippen molar-refractivity contribution in [3.63, 3.8) is 0 Å². The lowest BCUT2D eigenvalue weighted by Gasteiger charge is -2.40. The molecule has 2 rings (SSSR count). The average Bonchev–Trinajstić information content (AvgIpc) is 2.75. The molecule has 0 radical (unpaired) electrons. The van der Waals surface area contributed by atoms with Gasteiger partial charge in [0.05, 0.1) is 5.54 Å². The summed E-state index contributed by atoms with van der Waals surface area (Å²) >= 11 is 0. The van der Waals surface area contributed by atoms with Gasteiger partial charge in [0.25, 0.3) is 0 Å². The molecule has 0 saturated heterocycles. The molecule has 2 N–H and O–H groups in total. The zero-order chi connectivity index (χ0) is 11.8. The zero-order valence-electron chi connectivity index (χ0n) is 10.4. The van der Waals surface area contributed by atoms with Crippen LogP contribution in [-0.4, -0.2) is 10.1 Å². The average molecular weight is 223 g/mol. The Morgan fingerprint density at radius 1 is 1.50 bits per heavy atom. The molecule has 0 aromatic carbocycles. The molecule has 16 heavy (non-hydrogen) atoms. The summed E-state index contributed by atoms with van der Waals surface area (Å²) in [5.41, 5.74) is 6.10. The Bertz CT molecular complexity index is 363. The van der Waals surface area contributed by atoms with Gasteiger partial charge in [-0.25, -0.2) is 0 Å². The molecule has 1 aromatic rings. The maximum absolute atomic E-state index is 6.50. The maximum Gasteiger partial charge on any atom is 0.226 e. The molecule has 4 nitrogen and oxygen atoms in total. The SMILES string of the molecule is CCc1nc(C2(N)CCCC(C)C2C)no1. The third kappa shape index (κ3) is 1.75. The lowest BCUT2D eigenvalue weighted by Crippen LogP contribution is -2.48. The van der Waals surface area contributed by atoms with Crippen molar-refractivity contribution in [2.75, 3.05) is 0 Å². The number of aryl methyl sites for hydroxylation is 1. The van der Waals surface area contributed by atoms with E-state index >= 15 is 0 Å². The molecular weight excluding hydrogens is 202 g/mol. The van der Waals surface area contributed by atoms with E-state index in [9.17, 15) is 0 Å². The van der Waals surface area contributed by atoms with Gasteiger partial charge < -0.3 is 10.3 Å². The van der Waals surface area contributed by atoms with Crippen molar-refractivity contribution in [1.29, 1.82) is 0 Å².